The highest BCUT2D eigenvalue weighted by atomic mass is 33.1. The van der Waals surface area contributed by atoms with Crippen molar-refractivity contribution in [3.63, 3.8) is 0 Å². The number of aliphatic hydroxyl groups excluding tert-OH is 2. The van der Waals surface area contributed by atoms with Gasteiger partial charge in [-0.25, -0.2) is 4.79 Å². The number of nitrogens with two attached hydrogens (primary N) is 1. The number of hydrogen-bond donors (Lipinski definition) is 14. The second kappa shape index (κ2) is 29.9. The molecule has 0 radical (unpaired) electrons. The lowest BCUT2D eigenvalue weighted by atomic mass is 10.0. The lowest BCUT2D eigenvalue weighted by Crippen LogP contribution is -2.62. The van der Waals surface area contributed by atoms with Gasteiger partial charge >= 0.3 is 5.97 Å². The number of hydrogen-bond acceptors (Lipinski definition) is 15. The van der Waals surface area contributed by atoms with E-state index in [1.807, 2.05) is 6.07 Å². The van der Waals surface area contributed by atoms with Crippen LogP contribution in [0.1, 0.15) is 63.1 Å². The predicted octanol–water partition coefficient (Wildman–Crippen LogP) is -0.440. The number of aliphatic hydroxyl groups is 2. The van der Waals surface area contributed by atoms with E-state index >= 15 is 0 Å². The first-order valence-corrected chi connectivity index (χ1v) is 27.6. The number of aliphatic carboxylic acids is 1. The van der Waals surface area contributed by atoms with Crippen molar-refractivity contribution in [1.82, 2.24) is 47.5 Å². The van der Waals surface area contributed by atoms with Gasteiger partial charge in [-0.2, -0.15) is 0 Å². The number of carboxylic acid groups (broad SMARTS) is 1. The van der Waals surface area contributed by atoms with Crippen molar-refractivity contribution in [2.45, 2.75) is 126 Å². The summed E-state index contributed by atoms with van der Waals surface area (Å²) < 4.78 is 0. The summed E-state index contributed by atoms with van der Waals surface area (Å²) in [5.74, 6) is -9.35. The zero-order chi connectivity index (χ0) is 56.2. The molecule has 416 valence electrons. The zero-order valence-corrected chi connectivity index (χ0v) is 44.4. The van der Waals surface area contributed by atoms with Gasteiger partial charge < -0.3 is 73.7 Å². The number of phenols is 1. The molecule has 1 aromatic heterocycles. The topological polar surface area (TPSA) is 373 Å². The number of nitrogens with one attached hydrogen (secondary N) is 9. The van der Waals surface area contributed by atoms with Crippen LogP contribution in [0.5, 0.6) is 5.75 Å². The molecule has 1 fully saturated rings. The third-order valence-electron chi connectivity index (χ3n) is 12.5. The molecule has 4 aromatic rings. The Labute approximate surface area is 452 Å². The summed E-state index contributed by atoms with van der Waals surface area (Å²) in [6.07, 6.45) is -1.23. The third-order valence-corrected chi connectivity index (χ3v) is 14.9. The Morgan fingerprint density at radius 1 is 0.714 bits per heavy atom. The van der Waals surface area contributed by atoms with Crippen LogP contribution in [0.2, 0.25) is 0 Å². The van der Waals surface area contributed by atoms with Gasteiger partial charge in [-0.05, 0) is 74.5 Å². The maximum Gasteiger partial charge on any atom is 0.328 e. The molecule has 1 aliphatic rings. The van der Waals surface area contributed by atoms with Crippen LogP contribution in [0.3, 0.4) is 0 Å². The van der Waals surface area contributed by atoms with Crippen molar-refractivity contribution in [3.8, 4) is 5.75 Å². The van der Waals surface area contributed by atoms with Crippen molar-refractivity contribution in [1.29, 1.82) is 0 Å². The summed E-state index contributed by atoms with van der Waals surface area (Å²) >= 11 is 0. The minimum Gasteiger partial charge on any atom is -0.508 e. The number of carbonyl (C=O) groups is 9. The Balaban J connectivity index is 1.61. The third kappa shape index (κ3) is 18.5. The van der Waals surface area contributed by atoms with E-state index in [1.54, 1.807) is 61.7 Å². The Bertz CT molecular complexity index is 2680. The number of unbranched alkanes of at least 4 members (excludes halogenated alkanes) is 1. The number of phenolic OH excluding ortho intramolecular Hbond substituents is 1. The Kier molecular flexibility index (Phi) is 23.6. The molecule has 23 nitrogen and oxygen atoms in total. The van der Waals surface area contributed by atoms with Gasteiger partial charge in [-0.15, -0.1) is 0 Å². The number of rotatable bonds is 19. The maximum atomic E-state index is 14.9. The summed E-state index contributed by atoms with van der Waals surface area (Å²) in [4.78, 5) is 129. The number of aromatic hydroxyl groups is 1. The van der Waals surface area contributed by atoms with E-state index in [2.05, 4.69) is 47.5 Å². The summed E-state index contributed by atoms with van der Waals surface area (Å²) in [6.45, 7) is 4.14. The predicted molar refractivity (Wildman–Crippen MR) is 289 cm³/mol. The minimum absolute atomic E-state index is 0.0163. The largest absolute Gasteiger partial charge is 0.508 e. The molecule has 1 saturated heterocycles. The highest BCUT2D eigenvalue weighted by Gasteiger charge is 2.37. The quantitative estimate of drug-likeness (QED) is 0.0418. The molecule has 15 N–H and O–H groups in total. The number of aromatic amines is 1. The Morgan fingerprint density at radius 3 is 1.99 bits per heavy atom. The fourth-order valence-corrected chi connectivity index (χ4v) is 10.5. The van der Waals surface area contributed by atoms with E-state index in [4.69, 9.17) is 5.73 Å². The van der Waals surface area contributed by atoms with Crippen molar-refractivity contribution < 1.29 is 63.6 Å². The summed E-state index contributed by atoms with van der Waals surface area (Å²) in [6, 6.07) is 9.50. The molecule has 0 bridgehead atoms. The van der Waals surface area contributed by atoms with Crippen LogP contribution in [0.15, 0.2) is 85.1 Å². The molecule has 10 unspecified atom stereocenters. The van der Waals surface area contributed by atoms with E-state index in [0.29, 0.717) is 40.4 Å². The van der Waals surface area contributed by atoms with Crippen LogP contribution in [0.4, 0.5) is 0 Å². The first-order valence-electron chi connectivity index (χ1n) is 25.1. The van der Waals surface area contributed by atoms with Crippen molar-refractivity contribution >= 4 is 85.7 Å². The van der Waals surface area contributed by atoms with Gasteiger partial charge in [-0.3, -0.25) is 38.4 Å². The summed E-state index contributed by atoms with van der Waals surface area (Å²) in [5.41, 5.74) is 8.23. The van der Waals surface area contributed by atoms with Crippen molar-refractivity contribution in [3.05, 3.63) is 102 Å². The molecule has 2 heterocycles. The average Bonchev–Trinajstić information content (AvgIpc) is 3.81. The average molecular weight is 1110 g/mol. The second-order valence-corrected chi connectivity index (χ2v) is 21.1. The zero-order valence-electron chi connectivity index (χ0n) is 42.8. The number of carbonyl (C=O) groups excluding carboxylic acids is 8. The molecular formula is C52H68N10O13S2. The monoisotopic (exact) mass is 1100 g/mol. The molecule has 0 saturated carbocycles. The van der Waals surface area contributed by atoms with Crippen molar-refractivity contribution in [2.75, 3.05) is 18.1 Å². The Hall–Kier alpha value is -7.19. The lowest BCUT2D eigenvalue weighted by molar-refractivity contribution is -0.145. The highest BCUT2D eigenvalue weighted by molar-refractivity contribution is 8.76. The van der Waals surface area contributed by atoms with Gasteiger partial charge in [0.25, 0.3) is 0 Å². The van der Waals surface area contributed by atoms with Crippen LogP contribution in [-0.4, -0.2) is 157 Å². The minimum atomic E-state index is -1.84. The lowest BCUT2D eigenvalue weighted by Gasteiger charge is -2.29. The number of amides is 8. The molecule has 25 heteroatoms. The van der Waals surface area contributed by atoms with E-state index in [-0.39, 0.29) is 55.9 Å². The molecular weight excluding hydrogens is 1040 g/mol. The van der Waals surface area contributed by atoms with Gasteiger partial charge in [-0.1, -0.05) is 89.2 Å². The fourth-order valence-electron chi connectivity index (χ4n) is 8.17. The fraction of sp³-hybridized carbons (Fsp3) is 0.442. The first-order chi connectivity index (χ1) is 36.8. The molecule has 1 aliphatic heterocycles. The maximum absolute atomic E-state index is 14.9. The van der Waals surface area contributed by atoms with Crippen LogP contribution in [-0.2, 0) is 62.4 Å². The normalized spacial score (nSPS) is 21.8. The number of fused-ring (bicyclic) bond motifs is 1. The number of carboxylic acids is 1. The molecule has 8 amide bonds. The molecule has 0 spiro atoms. The second-order valence-electron chi connectivity index (χ2n) is 18.5. The number of para-hydroxylation sites is 1. The van der Waals surface area contributed by atoms with E-state index in [9.17, 15) is 63.6 Å². The molecule has 0 aliphatic carbocycles. The standard InChI is InChI=1S/C52H68N10O13S2/c1-4-42(66)55-37(22-30-12-6-5-7-13-30)46(68)59-40-26-76-77-27-41(50(72)62-44(29(3)64)52(74)75)60-51(73)43(28(2)63)61-45(67)36(16-10-11-21-53)56-48(70)39(24-32-25-54-35-15-9-8-14-34(32)35)58-47(69)38(57-49(40)71)23-31-17-19-33(65)20-18-31/h5-9,12-15,17-20,25,28-29,36-41,43-44,54,63-65H,4,10-11,16,21-24,26-27,53H2,1-3H3,(H,55,66)(H,56,70)(H,57,71)(H,58,69)(H,59,68)(H,60,73)(H,61,67)(H,62,72)(H,74,75). The van der Waals surface area contributed by atoms with Crippen LogP contribution < -0.4 is 48.3 Å². The van der Waals surface area contributed by atoms with Crippen LogP contribution >= 0.6 is 21.6 Å². The van der Waals surface area contributed by atoms with Gasteiger partial charge in [0.05, 0.1) is 12.2 Å². The molecule has 3 aromatic carbocycles. The summed E-state index contributed by atoms with van der Waals surface area (Å²) in [7, 11) is 1.81. The number of benzene rings is 3. The smallest absolute Gasteiger partial charge is 0.328 e. The molecule has 5 rings (SSSR count). The van der Waals surface area contributed by atoms with Crippen LogP contribution in [0.25, 0.3) is 10.9 Å². The Morgan fingerprint density at radius 2 is 1.34 bits per heavy atom. The van der Waals surface area contributed by atoms with E-state index in [0.717, 1.165) is 28.5 Å². The highest BCUT2D eigenvalue weighted by Crippen LogP contribution is 2.25. The van der Waals surface area contributed by atoms with Crippen LogP contribution in [0, 0.1) is 0 Å². The van der Waals surface area contributed by atoms with Gasteiger partial charge in [0.15, 0.2) is 6.04 Å². The number of aromatic nitrogens is 1. The summed E-state index contributed by atoms with van der Waals surface area (Å²) in [5, 5.41) is 62.5. The van der Waals surface area contributed by atoms with E-state index in [1.165, 1.54) is 31.2 Å². The SMILES string of the molecule is CCC(=O)NC(Cc1ccccc1)C(=O)NC1CSSCC(C(=O)NC(C(=O)O)C(C)O)NC(=O)C(C(C)O)NC(=O)C(CCCCN)NC(=O)C(Cc2c[nH]c3ccccc23)NC(=O)C(Cc2ccc(O)cc2)NC1=O. The number of H-pyrrole nitrogens is 1. The van der Waals surface area contributed by atoms with Gasteiger partial charge in [0.2, 0.25) is 47.3 Å². The van der Waals surface area contributed by atoms with Gasteiger partial charge in [0.1, 0.15) is 48.0 Å². The van der Waals surface area contributed by atoms with Crippen molar-refractivity contribution in [2.24, 2.45) is 5.73 Å². The van der Waals surface area contributed by atoms with Gasteiger partial charge in [0, 0.05) is 54.3 Å². The van der Waals surface area contributed by atoms with E-state index < -0.39 is 114 Å². The molecule has 77 heavy (non-hydrogen) atoms. The first kappa shape index (κ1) is 60.7. The molecule has 10 atom stereocenters.